The Labute approximate surface area is 122 Å². The Morgan fingerprint density at radius 2 is 1.95 bits per heavy atom. The fourth-order valence-electron chi connectivity index (χ4n) is 4.27. The van der Waals surface area contributed by atoms with Crippen LogP contribution in [-0.4, -0.2) is 54.6 Å². The first-order chi connectivity index (χ1) is 9.75. The van der Waals surface area contributed by atoms with Crippen molar-refractivity contribution >= 4 is 6.03 Å². The number of piperidine rings is 2. The monoisotopic (exact) mass is 279 g/mol. The maximum absolute atomic E-state index is 12.8. The summed E-state index contributed by atoms with van der Waals surface area (Å²) >= 11 is 0. The van der Waals surface area contributed by atoms with Gasteiger partial charge in [-0.3, -0.25) is 0 Å². The van der Waals surface area contributed by atoms with Crippen LogP contribution >= 0.6 is 0 Å². The van der Waals surface area contributed by atoms with Gasteiger partial charge in [-0.15, -0.1) is 0 Å². The van der Waals surface area contributed by atoms with E-state index in [0.29, 0.717) is 23.9 Å². The zero-order valence-electron chi connectivity index (χ0n) is 12.8. The Balaban J connectivity index is 1.63. The number of rotatable bonds is 1. The lowest BCUT2D eigenvalue weighted by atomic mass is 9.90. The van der Waals surface area contributed by atoms with Gasteiger partial charge in [0.15, 0.2) is 0 Å². The lowest BCUT2D eigenvalue weighted by Crippen LogP contribution is -2.52. The number of nitrogens with one attached hydrogen (secondary N) is 1. The van der Waals surface area contributed by atoms with Gasteiger partial charge in [0.05, 0.1) is 0 Å². The van der Waals surface area contributed by atoms with Crippen LogP contribution in [0.5, 0.6) is 0 Å². The van der Waals surface area contributed by atoms with Crippen LogP contribution in [0.4, 0.5) is 4.79 Å². The van der Waals surface area contributed by atoms with Crippen LogP contribution in [-0.2, 0) is 0 Å². The Kier molecular flexibility index (Phi) is 4.49. The molecule has 3 aliphatic rings. The van der Waals surface area contributed by atoms with Gasteiger partial charge in [0.2, 0.25) is 0 Å². The third-order valence-corrected chi connectivity index (χ3v) is 5.35. The molecule has 0 aromatic rings. The molecule has 114 valence electrons. The van der Waals surface area contributed by atoms with Crippen molar-refractivity contribution in [3.63, 3.8) is 0 Å². The average Bonchev–Trinajstić information content (AvgIpc) is 2.97. The minimum atomic E-state index is 0.324. The van der Waals surface area contributed by atoms with Crippen LogP contribution in [0.25, 0.3) is 0 Å². The first kappa shape index (κ1) is 14.2. The summed E-state index contributed by atoms with van der Waals surface area (Å²) < 4.78 is 0. The van der Waals surface area contributed by atoms with E-state index in [9.17, 15) is 4.79 Å². The second-order valence-corrected chi connectivity index (χ2v) is 6.99. The van der Waals surface area contributed by atoms with Crippen molar-refractivity contribution in [3.8, 4) is 0 Å². The number of urea groups is 1. The van der Waals surface area contributed by atoms with Crippen LogP contribution in [0, 0.1) is 11.8 Å². The Hall–Kier alpha value is -0.770. The summed E-state index contributed by atoms with van der Waals surface area (Å²) in [6, 6.07) is 0.817. The third kappa shape index (κ3) is 2.95. The number of nitrogens with zero attached hydrogens (tertiary/aromatic N) is 2. The molecule has 3 unspecified atom stereocenters. The Morgan fingerprint density at radius 1 is 1.10 bits per heavy atom. The number of likely N-dealkylation sites (tertiary alicyclic amines) is 2. The van der Waals surface area contributed by atoms with E-state index in [2.05, 4.69) is 22.0 Å². The Bertz CT molecular complexity index is 341. The normalized spacial score (nSPS) is 35.4. The second kappa shape index (κ2) is 6.33. The molecule has 3 rings (SSSR count). The molecule has 0 radical (unpaired) electrons. The van der Waals surface area contributed by atoms with Crippen molar-refractivity contribution < 1.29 is 4.79 Å². The van der Waals surface area contributed by atoms with Crippen molar-refractivity contribution in [2.24, 2.45) is 11.8 Å². The molecule has 0 aromatic carbocycles. The largest absolute Gasteiger partial charge is 0.324 e. The van der Waals surface area contributed by atoms with E-state index in [0.717, 1.165) is 32.7 Å². The molecule has 3 fully saturated rings. The highest BCUT2D eigenvalue weighted by molar-refractivity contribution is 5.75. The minimum absolute atomic E-state index is 0.324. The second-order valence-electron chi connectivity index (χ2n) is 6.99. The molecular weight excluding hydrogens is 250 g/mol. The number of amides is 2. The first-order valence-corrected chi connectivity index (χ1v) is 8.52. The third-order valence-electron chi connectivity index (χ3n) is 5.35. The van der Waals surface area contributed by atoms with Gasteiger partial charge in [0, 0.05) is 25.7 Å². The van der Waals surface area contributed by atoms with Crippen molar-refractivity contribution in [1.29, 1.82) is 0 Å². The molecule has 3 heterocycles. The van der Waals surface area contributed by atoms with Gasteiger partial charge in [0.1, 0.15) is 0 Å². The molecule has 0 spiro atoms. The summed E-state index contributed by atoms with van der Waals surface area (Å²) in [5.41, 5.74) is 0. The summed E-state index contributed by atoms with van der Waals surface area (Å²) in [7, 11) is 0. The van der Waals surface area contributed by atoms with E-state index in [4.69, 9.17) is 0 Å². The van der Waals surface area contributed by atoms with Crippen molar-refractivity contribution in [2.45, 2.75) is 51.5 Å². The van der Waals surface area contributed by atoms with E-state index in [1.54, 1.807) is 0 Å². The summed E-state index contributed by atoms with van der Waals surface area (Å²) in [5, 5.41) is 3.51. The molecule has 3 saturated heterocycles. The molecule has 2 amide bonds. The van der Waals surface area contributed by atoms with Gasteiger partial charge in [0.25, 0.3) is 0 Å². The molecule has 3 aliphatic heterocycles. The fourth-order valence-corrected chi connectivity index (χ4v) is 4.27. The van der Waals surface area contributed by atoms with Gasteiger partial charge in [-0.1, -0.05) is 6.92 Å². The van der Waals surface area contributed by atoms with E-state index in [1.807, 2.05) is 0 Å². The summed E-state index contributed by atoms with van der Waals surface area (Å²) in [6.45, 7) is 7.43. The lowest BCUT2D eigenvalue weighted by Gasteiger charge is -2.39. The predicted octanol–water partition coefficient (Wildman–Crippen LogP) is 2.30. The molecule has 0 aromatic heterocycles. The van der Waals surface area contributed by atoms with Gasteiger partial charge in [-0.2, -0.15) is 0 Å². The van der Waals surface area contributed by atoms with Crippen molar-refractivity contribution in [1.82, 2.24) is 15.1 Å². The minimum Gasteiger partial charge on any atom is -0.324 e. The molecule has 0 saturated carbocycles. The highest BCUT2D eigenvalue weighted by atomic mass is 16.2. The number of carbonyl (C=O) groups excluding carboxylic acids is 1. The predicted molar refractivity (Wildman–Crippen MR) is 80.7 cm³/mol. The topological polar surface area (TPSA) is 35.6 Å². The van der Waals surface area contributed by atoms with Crippen LogP contribution in [0.2, 0.25) is 0 Å². The molecule has 0 aliphatic carbocycles. The highest BCUT2D eigenvalue weighted by Gasteiger charge is 2.37. The molecule has 20 heavy (non-hydrogen) atoms. The SMILES string of the molecule is CC1CCCN(C(=O)N2CCCC2C2CCCNC2)C1. The number of hydrogen-bond donors (Lipinski definition) is 1. The molecule has 4 heteroatoms. The molecular formula is C16H29N3O. The quantitative estimate of drug-likeness (QED) is 0.799. The summed E-state index contributed by atoms with van der Waals surface area (Å²) in [6.07, 6.45) is 7.41. The van der Waals surface area contributed by atoms with Crippen LogP contribution in [0.1, 0.15) is 45.4 Å². The number of hydrogen-bond acceptors (Lipinski definition) is 2. The van der Waals surface area contributed by atoms with Crippen molar-refractivity contribution in [2.75, 3.05) is 32.7 Å². The van der Waals surface area contributed by atoms with Crippen LogP contribution < -0.4 is 5.32 Å². The van der Waals surface area contributed by atoms with Crippen molar-refractivity contribution in [3.05, 3.63) is 0 Å². The van der Waals surface area contributed by atoms with Crippen LogP contribution in [0.3, 0.4) is 0 Å². The van der Waals surface area contributed by atoms with Gasteiger partial charge in [-0.05, 0) is 63.5 Å². The fraction of sp³-hybridized carbons (Fsp3) is 0.938. The van der Waals surface area contributed by atoms with Crippen LogP contribution in [0.15, 0.2) is 0 Å². The van der Waals surface area contributed by atoms with E-state index >= 15 is 0 Å². The maximum atomic E-state index is 12.8. The van der Waals surface area contributed by atoms with E-state index in [1.165, 1.54) is 38.5 Å². The average molecular weight is 279 g/mol. The number of carbonyl (C=O) groups is 1. The zero-order chi connectivity index (χ0) is 13.9. The van der Waals surface area contributed by atoms with Gasteiger partial charge < -0.3 is 15.1 Å². The molecule has 1 N–H and O–H groups in total. The standard InChI is InChI=1S/C16H29N3O/c1-13-5-3-9-18(12-13)16(20)19-10-4-7-15(19)14-6-2-8-17-11-14/h13-15,17H,2-12H2,1H3. The molecule has 4 nitrogen and oxygen atoms in total. The van der Waals surface area contributed by atoms with Gasteiger partial charge >= 0.3 is 6.03 Å². The molecule has 3 atom stereocenters. The molecule has 0 bridgehead atoms. The summed E-state index contributed by atoms with van der Waals surface area (Å²) in [5.74, 6) is 1.35. The highest BCUT2D eigenvalue weighted by Crippen LogP contribution is 2.30. The Morgan fingerprint density at radius 3 is 2.70 bits per heavy atom. The van der Waals surface area contributed by atoms with E-state index < -0.39 is 0 Å². The van der Waals surface area contributed by atoms with Gasteiger partial charge in [-0.25, -0.2) is 4.79 Å². The maximum Gasteiger partial charge on any atom is 0.320 e. The van der Waals surface area contributed by atoms with E-state index in [-0.39, 0.29) is 0 Å². The smallest absolute Gasteiger partial charge is 0.320 e. The zero-order valence-corrected chi connectivity index (χ0v) is 12.8. The first-order valence-electron chi connectivity index (χ1n) is 8.52. The lowest BCUT2D eigenvalue weighted by molar-refractivity contribution is 0.110. The summed E-state index contributed by atoms with van der Waals surface area (Å²) in [4.78, 5) is 17.1.